The first kappa shape index (κ1) is 10.5. The molecule has 0 radical (unpaired) electrons. The molecule has 0 spiro atoms. The Bertz CT molecular complexity index is 179. The van der Waals surface area contributed by atoms with Gasteiger partial charge in [-0.2, -0.15) is 5.26 Å². The molecule has 2 nitrogen and oxygen atoms in total. The van der Waals surface area contributed by atoms with Crippen molar-refractivity contribution in [1.29, 1.82) is 5.26 Å². The molecule has 0 N–H and O–H groups in total. The standard InChI is InChI=1S/C11H20N2/c1-3-10(4-2)13-8-6-5-7-11(13)9-12/h10-11H,3-8H2,1-2H3. The Morgan fingerprint density at radius 3 is 2.62 bits per heavy atom. The van der Waals surface area contributed by atoms with Crippen LogP contribution in [0.3, 0.4) is 0 Å². The van der Waals surface area contributed by atoms with Gasteiger partial charge in [-0.25, -0.2) is 0 Å². The zero-order valence-electron chi connectivity index (χ0n) is 8.79. The highest BCUT2D eigenvalue weighted by molar-refractivity contribution is 4.96. The van der Waals surface area contributed by atoms with Gasteiger partial charge < -0.3 is 0 Å². The minimum absolute atomic E-state index is 0.193. The minimum atomic E-state index is 0.193. The van der Waals surface area contributed by atoms with Gasteiger partial charge in [0.25, 0.3) is 0 Å². The van der Waals surface area contributed by atoms with Crippen molar-refractivity contribution in [3.8, 4) is 6.07 Å². The summed E-state index contributed by atoms with van der Waals surface area (Å²) in [7, 11) is 0. The van der Waals surface area contributed by atoms with Gasteiger partial charge in [0.15, 0.2) is 0 Å². The molecule has 1 atom stereocenters. The summed E-state index contributed by atoms with van der Waals surface area (Å²) in [5.74, 6) is 0. The average molecular weight is 180 g/mol. The van der Waals surface area contributed by atoms with Gasteiger partial charge >= 0.3 is 0 Å². The maximum Gasteiger partial charge on any atom is 0.0980 e. The molecule has 0 amide bonds. The van der Waals surface area contributed by atoms with Gasteiger partial charge in [0.1, 0.15) is 0 Å². The SMILES string of the molecule is CCC(CC)N1CCCCC1C#N. The lowest BCUT2D eigenvalue weighted by molar-refractivity contribution is 0.119. The fraction of sp³-hybridized carbons (Fsp3) is 0.909. The molecule has 0 aliphatic carbocycles. The fourth-order valence-corrected chi connectivity index (χ4v) is 2.29. The van der Waals surface area contributed by atoms with Crippen LogP contribution in [0.4, 0.5) is 0 Å². The average Bonchev–Trinajstić information content (AvgIpc) is 2.20. The first-order valence-corrected chi connectivity index (χ1v) is 5.48. The third-order valence-corrected chi connectivity index (χ3v) is 3.10. The van der Waals surface area contributed by atoms with Gasteiger partial charge in [-0.05, 0) is 38.6 Å². The van der Waals surface area contributed by atoms with Crippen LogP contribution in [0.5, 0.6) is 0 Å². The van der Waals surface area contributed by atoms with Crippen LogP contribution in [-0.2, 0) is 0 Å². The second-order valence-corrected chi connectivity index (χ2v) is 3.85. The lowest BCUT2D eigenvalue weighted by atomic mass is 9.98. The van der Waals surface area contributed by atoms with E-state index >= 15 is 0 Å². The number of rotatable bonds is 3. The molecule has 0 aromatic heterocycles. The highest BCUT2D eigenvalue weighted by atomic mass is 15.2. The van der Waals surface area contributed by atoms with E-state index in [-0.39, 0.29) is 6.04 Å². The molecular formula is C11H20N2. The Morgan fingerprint density at radius 2 is 2.08 bits per heavy atom. The number of likely N-dealkylation sites (tertiary alicyclic amines) is 1. The molecule has 1 fully saturated rings. The summed E-state index contributed by atoms with van der Waals surface area (Å²) in [4.78, 5) is 2.41. The molecule has 1 aliphatic heterocycles. The largest absolute Gasteiger partial charge is 0.285 e. The Labute approximate surface area is 81.5 Å². The van der Waals surface area contributed by atoms with Crippen molar-refractivity contribution in [3.63, 3.8) is 0 Å². The topological polar surface area (TPSA) is 27.0 Å². The fourth-order valence-electron chi connectivity index (χ4n) is 2.29. The Morgan fingerprint density at radius 1 is 1.38 bits per heavy atom. The van der Waals surface area contributed by atoms with Gasteiger partial charge in [0, 0.05) is 6.04 Å². The quantitative estimate of drug-likeness (QED) is 0.667. The van der Waals surface area contributed by atoms with E-state index in [1.54, 1.807) is 0 Å². The Balaban J connectivity index is 2.58. The summed E-state index contributed by atoms with van der Waals surface area (Å²) in [5.41, 5.74) is 0. The third kappa shape index (κ3) is 2.45. The van der Waals surface area contributed by atoms with E-state index in [2.05, 4.69) is 24.8 Å². The monoisotopic (exact) mass is 180 g/mol. The molecule has 0 bridgehead atoms. The van der Waals surface area contributed by atoms with Gasteiger partial charge in [0.05, 0.1) is 12.1 Å². The molecule has 74 valence electrons. The van der Waals surface area contributed by atoms with Crippen LogP contribution in [0.2, 0.25) is 0 Å². The summed E-state index contributed by atoms with van der Waals surface area (Å²) in [6, 6.07) is 3.25. The molecular weight excluding hydrogens is 160 g/mol. The third-order valence-electron chi connectivity index (χ3n) is 3.10. The maximum atomic E-state index is 9.01. The van der Waals surface area contributed by atoms with Crippen molar-refractivity contribution < 1.29 is 0 Å². The van der Waals surface area contributed by atoms with Gasteiger partial charge in [-0.3, -0.25) is 4.90 Å². The van der Waals surface area contributed by atoms with E-state index in [0.717, 1.165) is 13.0 Å². The lowest BCUT2D eigenvalue weighted by Crippen LogP contribution is -2.45. The number of nitriles is 1. The predicted octanol–water partition coefficient (Wildman–Crippen LogP) is 2.55. The number of nitrogens with zero attached hydrogens (tertiary/aromatic N) is 2. The summed E-state index contributed by atoms with van der Waals surface area (Å²) in [5, 5.41) is 9.01. The molecule has 1 aliphatic rings. The molecule has 1 saturated heterocycles. The van der Waals surface area contributed by atoms with Crippen LogP contribution >= 0.6 is 0 Å². The molecule has 1 heterocycles. The van der Waals surface area contributed by atoms with Crippen molar-refractivity contribution in [2.45, 2.75) is 58.0 Å². The van der Waals surface area contributed by atoms with Crippen molar-refractivity contribution in [2.24, 2.45) is 0 Å². The lowest BCUT2D eigenvalue weighted by Gasteiger charge is -2.37. The molecule has 0 aromatic rings. The van der Waals surface area contributed by atoms with Crippen LogP contribution < -0.4 is 0 Å². The second-order valence-electron chi connectivity index (χ2n) is 3.85. The van der Waals surface area contributed by atoms with Crippen molar-refractivity contribution in [3.05, 3.63) is 0 Å². The van der Waals surface area contributed by atoms with Gasteiger partial charge in [-0.15, -0.1) is 0 Å². The molecule has 2 heteroatoms. The Kier molecular flexibility index (Phi) is 4.24. The molecule has 1 rings (SSSR count). The summed E-state index contributed by atoms with van der Waals surface area (Å²) in [6.45, 7) is 5.57. The number of hydrogen-bond acceptors (Lipinski definition) is 2. The number of piperidine rings is 1. The van der Waals surface area contributed by atoms with Crippen LogP contribution in [0, 0.1) is 11.3 Å². The van der Waals surface area contributed by atoms with Crippen LogP contribution in [-0.4, -0.2) is 23.5 Å². The number of hydrogen-bond donors (Lipinski definition) is 0. The zero-order valence-corrected chi connectivity index (χ0v) is 8.79. The van der Waals surface area contributed by atoms with Gasteiger partial charge in [-0.1, -0.05) is 13.8 Å². The first-order chi connectivity index (χ1) is 6.33. The van der Waals surface area contributed by atoms with Gasteiger partial charge in [0.2, 0.25) is 0 Å². The minimum Gasteiger partial charge on any atom is -0.285 e. The normalized spacial score (nSPS) is 24.6. The molecule has 0 saturated carbocycles. The van der Waals surface area contributed by atoms with E-state index in [4.69, 9.17) is 5.26 Å². The van der Waals surface area contributed by atoms with Crippen LogP contribution in [0.25, 0.3) is 0 Å². The molecule has 13 heavy (non-hydrogen) atoms. The van der Waals surface area contributed by atoms with E-state index in [1.165, 1.54) is 25.7 Å². The first-order valence-electron chi connectivity index (χ1n) is 5.48. The van der Waals surface area contributed by atoms with Crippen LogP contribution in [0.1, 0.15) is 46.0 Å². The van der Waals surface area contributed by atoms with E-state index in [9.17, 15) is 0 Å². The molecule has 0 aromatic carbocycles. The maximum absolute atomic E-state index is 9.01. The van der Waals surface area contributed by atoms with E-state index in [0.29, 0.717) is 6.04 Å². The van der Waals surface area contributed by atoms with Crippen molar-refractivity contribution >= 4 is 0 Å². The van der Waals surface area contributed by atoms with E-state index < -0.39 is 0 Å². The highest BCUT2D eigenvalue weighted by Crippen LogP contribution is 2.21. The Hall–Kier alpha value is -0.550. The van der Waals surface area contributed by atoms with E-state index in [1.807, 2.05) is 0 Å². The molecule has 1 unspecified atom stereocenters. The summed E-state index contributed by atoms with van der Waals surface area (Å²) >= 11 is 0. The zero-order chi connectivity index (χ0) is 9.68. The summed E-state index contributed by atoms with van der Waals surface area (Å²) in [6.07, 6.45) is 5.93. The second kappa shape index (κ2) is 5.24. The van der Waals surface area contributed by atoms with Crippen molar-refractivity contribution in [2.75, 3.05) is 6.54 Å². The predicted molar refractivity (Wildman–Crippen MR) is 54.3 cm³/mol. The smallest absolute Gasteiger partial charge is 0.0980 e. The van der Waals surface area contributed by atoms with Crippen molar-refractivity contribution in [1.82, 2.24) is 4.90 Å². The summed E-state index contributed by atoms with van der Waals surface area (Å²) < 4.78 is 0. The highest BCUT2D eigenvalue weighted by Gasteiger charge is 2.26. The van der Waals surface area contributed by atoms with Crippen LogP contribution in [0.15, 0.2) is 0 Å².